The molecular formula is C17H16N2O3S2. The number of thiophene rings is 1. The van der Waals surface area contributed by atoms with E-state index in [0.717, 1.165) is 23.5 Å². The number of para-hydroxylation sites is 1. The average Bonchev–Trinajstić information content (AvgIpc) is 3.29. The molecule has 0 bridgehead atoms. The standard InChI is InChI=1S/C17H16N2O3S2/c20-15(18-10-5-6-10)11-7-8-23-17(11)19-16(21)13-9-24-14-4-2-1-3-12(14)22-13/h1-4,7-8,10,13H,5-6,9H2,(H,18,20)(H,19,21)/t13-/m1/s1. The van der Waals surface area contributed by atoms with Crippen molar-refractivity contribution >= 4 is 39.9 Å². The molecule has 0 radical (unpaired) electrons. The summed E-state index contributed by atoms with van der Waals surface area (Å²) in [5.41, 5.74) is 0.518. The summed E-state index contributed by atoms with van der Waals surface area (Å²) in [6.45, 7) is 0. The molecule has 1 aliphatic heterocycles. The van der Waals surface area contributed by atoms with Gasteiger partial charge in [0.15, 0.2) is 6.10 Å². The molecule has 5 nitrogen and oxygen atoms in total. The summed E-state index contributed by atoms with van der Waals surface area (Å²) < 4.78 is 5.79. The Bertz CT molecular complexity index is 786. The maximum Gasteiger partial charge on any atom is 0.266 e. The van der Waals surface area contributed by atoms with Crippen molar-refractivity contribution in [3.8, 4) is 5.75 Å². The number of thioether (sulfide) groups is 1. The second kappa shape index (κ2) is 6.49. The van der Waals surface area contributed by atoms with E-state index in [-0.39, 0.29) is 17.9 Å². The predicted molar refractivity (Wildman–Crippen MR) is 95.0 cm³/mol. The monoisotopic (exact) mass is 360 g/mol. The summed E-state index contributed by atoms with van der Waals surface area (Å²) in [4.78, 5) is 25.8. The molecule has 1 saturated carbocycles. The molecule has 2 amide bonds. The molecule has 7 heteroatoms. The smallest absolute Gasteiger partial charge is 0.266 e. The first kappa shape index (κ1) is 15.5. The molecule has 1 aromatic carbocycles. The lowest BCUT2D eigenvalue weighted by atomic mass is 10.2. The molecule has 24 heavy (non-hydrogen) atoms. The third kappa shape index (κ3) is 3.27. The van der Waals surface area contributed by atoms with E-state index in [0.29, 0.717) is 16.3 Å². The van der Waals surface area contributed by atoms with Crippen LogP contribution in [0.25, 0.3) is 0 Å². The van der Waals surface area contributed by atoms with Gasteiger partial charge in [0.1, 0.15) is 10.8 Å². The van der Waals surface area contributed by atoms with Gasteiger partial charge in [-0.1, -0.05) is 12.1 Å². The van der Waals surface area contributed by atoms with Crippen LogP contribution < -0.4 is 15.4 Å². The van der Waals surface area contributed by atoms with Gasteiger partial charge in [-0.3, -0.25) is 9.59 Å². The van der Waals surface area contributed by atoms with Gasteiger partial charge in [0.25, 0.3) is 11.8 Å². The van der Waals surface area contributed by atoms with E-state index in [1.54, 1.807) is 17.8 Å². The van der Waals surface area contributed by atoms with Gasteiger partial charge >= 0.3 is 0 Å². The zero-order valence-electron chi connectivity index (χ0n) is 12.8. The lowest BCUT2D eigenvalue weighted by molar-refractivity contribution is -0.122. The van der Waals surface area contributed by atoms with Crippen molar-refractivity contribution < 1.29 is 14.3 Å². The lowest BCUT2D eigenvalue weighted by Crippen LogP contribution is -2.37. The van der Waals surface area contributed by atoms with Crippen LogP contribution in [0.4, 0.5) is 5.00 Å². The highest BCUT2D eigenvalue weighted by atomic mass is 32.2. The number of ether oxygens (including phenoxy) is 1. The van der Waals surface area contributed by atoms with E-state index in [2.05, 4.69) is 10.6 Å². The number of anilines is 1. The normalized spacial score (nSPS) is 19.1. The molecular weight excluding hydrogens is 344 g/mol. The number of benzene rings is 1. The highest BCUT2D eigenvalue weighted by Crippen LogP contribution is 2.35. The summed E-state index contributed by atoms with van der Waals surface area (Å²) in [6.07, 6.45) is 1.50. The molecule has 2 heterocycles. The van der Waals surface area contributed by atoms with Gasteiger partial charge in [0.05, 0.1) is 5.56 Å². The molecule has 2 aliphatic rings. The molecule has 2 N–H and O–H groups in total. The molecule has 1 aliphatic carbocycles. The zero-order chi connectivity index (χ0) is 16.5. The SMILES string of the molecule is O=C(NC1CC1)c1ccsc1NC(=O)[C@H]1CSc2ccccc2O1. The fourth-order valence-corrected chi connectivity index (χ4v) is 4.19. The minimum atomic E-state index is -0.564. The van der Waals surface area contributed by atoms with E-state index in [4.69, 9.17) is 4.74 Å². The summed E-state index contributed by atoms with van der Waals surface area (Å²) in [6, 6.07) is 9.71. The Kier molecular flexibility index (Phi) is 4.20. The number of carbonyl (C=O) groups excluding carboxylic acids is 2. The van der Waals surface area contributed by atoms with Crippen molar-refractivity contribution in [2.24, 2.45) is 0 Å². The van der Waals surface area contributed by atoms with Crippen molar-refractivity contribution in [1.82, 2.24) is 5.32 Å². The minimum Gasteiger partial charge on any atom is -0.479 e. The molecule has 0 unspecified atom stereocenters. The summed E-state index contributed by atoms with van der Waals surface area (Å²) in [5, 5.41) is 8.17. The van der Waals surface area contributed by atoms with Gasteiger partial charge in [0, 0.05) is 16.7 Å². The van der Waals surface area contributed by atoms with Crippen molar-refractivity contribution in [3.63, 3.8) is 0 Å². The van der Waals surface area contributed by atoms with Crippen LogP contribution >= 0.6 is 23.1 Å². The molecule has 1 aromatic heterocycles. The van der Waals surface area contributed by atoms with Crippen LogP contribution in [0.2, 0.25) is 0 Å². The van der Waals surface area contributed by atoms with Crippen LogP contribution in [0.1, 0.15) is 23.2 Å². The fraction of sp³-hybridized carbons (Fsp3) is 0.294. The van der Waals surface area contributed by atoms with E-state index in [9.17, 15) is 9.59 Å². The predicted octanol–water partition coefficient (Wildman–Crippen LogP) is 3.13. The lowest BCUT2D eigenvalue weighted by Gasteiger charge is -2.24. The first-order valence-corrected chi connectivity index (χ1v) is 9.65. The van der Waals surface area contributed by atoms with Gasteiger partial charge in [0.2, 0.25) is 0 Å². The van der Waals surface area contributed by atoms with Gasteiger partial charge in [-0.15, -0.1) is 23.1 Å². The van der Waals surface area contributed by atoms with Crippen molar-refractivity contribution in [2.45, 2.75) is 29.9 Å². The third-order valence-corrected chi connectivity index (χ3v) is 5.81. The Labute approximate surface area is 147 Å². The quantitative estimate of drug-likeness (QED) is 0.879. The van der Waals surface area contributed by atoms with Crippen LogP contribution in [0.5, 0.6) is 5.75 Å². The minimum absolute atomic E-state index is 0.127. The van der Waals surface area contributed by atoms with Crippen molar-refractivity contribution in [1.29, 1.82) is 0 Å². The van der Waals surface area contributed by atoms with Crippen molar-refractivity contribution in [3.05, 3.63) is 41.3 Å². The van der Waals surface area contributed by atoms with E-state index in [1.165, 1.54) is 11.3 Å². The first-order valence-electron chi connectivity index (χ1n) is 7.78. The van der Waals surface area contributed by atoms with Gasteiger partial charge < -0.3 is 15.4 Å². The first-order chi connectivity index (χ1) is 11.7. The average molecular weight is 360 g/mol. The Balaban J connectivity index is 1.43. The van der Waals surface area contributed by atoms with Crippen LogP contribution in [0.15, 0.2) is 40.6 Å². The molecule has 1 fully saturated rings. The number of nitrogens with one attached hydrogen (secondary N) is 2. The maximum atomic E-state index is 12.5. The Morgan fingerprint density at radius 2 is 2.00 bits per heavy atom. The summed E-state index contributed by atoms with van der Waals surface area (Å²) in [7, 11) is 0. The largest absolute Gasteiger partial charge is 0.479 e. The molecule has 124 valence electrons. The van der Waals surface area contributed by atoms with E-state index in [1.807, 2.05) is 29.6 Å². The zero-order valence-corrected chi connectivity index (χ0v) is 14.4. The Morgan fingerprint density at radius 1 is 1.17 bits per heavy atom. The fourth-order valence-electron chi connectivity index (χ4n) is 2.42. The Hall–Kier alpha value is -1.99. The number of hydrogen-bond acceptors (Lipinski definition) is 5. The second-order valence-corrected chi connectivity index (χ2v) is 7.74. The van der Waals surface area contributed by atoms with Crippen molar-refractivity contribution in [2.75, 3.05) is 11.1 Å². The van der Waals surface area contributed by atoms with E-state index >= 15 is 0 Å². The molecule has 2 aromatic rings. The molecule has 0 saturated heterocycles. The summed E-state index contributed by atoms with van der Waals surface area (Å²) >= 11 is 2.95. The number of carbonyl (C=O) groups is 2. The Morgan fingerprint density at radius 3 is 2.83 bits per heavy atom. The summed E-state index contributed by atoms with van der Waals surface area (Å²) in [5.74, 6) is 0.933. The number of amides is 2. The highest BCUT2D eigenvalue weighted by molar-refractivity contribution is 7.99. The highest BCUT2D eigenvalue weighted by Gasteiger charge is 2.29. The number of hydrogen-bond donors (Lipinski definition) is 2. The third-order valence-electron chi connectivity index (χ3n) is 3.86. The van der Waals surface area contributed by atoms with Gasteiger partial charge in [-0.25, -0.2) is 0 Å². The molecule has 1 atom stereocenters. The number of rotatable bonds is 4. The van der Waals surface area contributed by atoms with Crippen LogP contribution in [-0.4, -0.2) is 29.7 Å². The maximum absolute atomic E-state index is 12.5. The van der Waals surface area contributed by atoms with Gasteiger partial charge in [-0.05, 0) is 36.4 Å². The van der Waals surface area contributed by atoms with Crippen LogP contribution in [0, 0.1) is 0 Å². The number of fused-ring (bicyclic) bond motifs is 1. The topological polar surface area (TPSA) is 67.4 Å². The molecule has 0 spiro atoms. The molecule has 4 rings (SSSR count). The van der Waals surface area contributed by atoms with Crippen LogP contribution in [0.3, 0.4) is 0 Å². The van der Waals surface area contributed by atoms with Crippen LogP contribution in [-0.2, 0) is 4.79 Å². The second-order valence-electron chi connectivity index (χ2n) is 5.76. The van der Waals surface area contributed by atoms with Gasteiger partial charge in [-0.2, -0.15) is 0 Å². The van der Waals surface area contributed by atoms with E-state index < -0.39 is 6.10 Å².